The van der Waals surface area contributed by atoms with E-state index in [9.17, 15) is 9.18 Å². The van der Waals surface area contributed by atoms with E-state index in [1.165, 1.54) is 12.1 Å². The third-order valence-corrected chi connectivity index (χ3v) is 4.21. The van der Waals surface area contributed by atoms with Crippen molar-refractivity contribution in [1.29, 1.82) is 0 Å². The predicted octanol–water partition coefficient (Wildman–Crippen LogP) is 1.61. The second-order valence-electron chi connectivity index (χ2n) is 5.59. The Morgan fingerprint density at radius 3 is 2.95 bits per heavy atom. The largest absolute Gasteiger partial charge is 0.371 e. The van der Waals surface area contributed by atoms with Gasteiger partial charge in [0.15, 0.2) is 0 Å². The number of piperidine rings is 1. The van der Waals surface area contributed by atoms with Crippen molar-refractivity contribution < 1.29 is 9.18 Å². The average Bonchev–Trinajstić information content (AvgIpc) is 2.48. The number of nitrogens with one attached hydrogen (secondary N) is 1. The molecule has 3 rings (SSSR count). The quantitative estimate of drug-likeness (QED) is 0.847. The third-order valence-electron chi connectivity index (χ3n) is 4.21. The van der Waals surface area contributed by atoms with Gasteiger partial charge in [-0.1, -0.05) is 0 Å². The number of fused-ring (bicyclic) bond motifs is 1. The molecule has 5 heteroatoms. The molecular formula is C15H20FN3O. The van der Waals surface area contributed by atoms with Gasteiger partial charge in [0.2, 0.25) is 5.91 Å². The van der Waals surface area contributed by atoms with Crippen LogP contribution >= 0.6 is 0 Å². The molecule has 0 spiro atoms. The van der Waals surface area contributed by atoms with Gasteiger partial charge in [-0.2, -0.15) is 0 Å². The van der Waals surface area contributed by atoms with E-state index in [0.29, 0.717) is 6.54 Å². The summed E-state index contributed by atoms with van der Waals surface area (Å²) in [4.78, 5) is 16.5. The van der Waals surface area contributed by atoms with Gasteiger partial charge in [0.1, 0.15) is 5.82 Å². The molecule has 20 heavy (non-hydrogen) atoms. The van der Waals surface area contributed by atoms with Crippen molar-refractivity contribution >= 4 is 17.3 Å². The molecule has 1 unspecified atom stereocenters. The number of carbonyl (C=O) groups is 1. The second-order valence-corrected chi connectivity index (χ2v) is 5.59. The summed E-state index contributed by atoms with van der Waals surface area (Å²) in [6.07, 6.45) is 1.98. The summed E-state index contributed by atoms with van der Waals surface area (Å²) in [7, 11) is 1.93. The smallest absolute Gasteiger partial charge is 0.231 e. The second kappa shape index (κ2) is 5.40. The molecule has 1 aromatic carbocycles. The maximum Gasteiger partial charge on any atom is 0.231 e. The minimum Gasteiger partial charge on any atom is -0.371 e. The number of amides is 1. The van der Waals surface area contributed by atoms with Crippen molar-refractivity contribution in [2.24, 2.45) is 5.92 Å². The molecule has 2 heterocycles. The molecule has 0 aromatic heterocycles. The summed E-state index contributed by atoms with van der Waals surface area (Å²) < 4.78 is 13.4. The highest BCUT2D eigenvalue weighted by Gasteiger charge is 2.31. The van der Waals surface area contributed by atoms with E-state index >= 15 is 0 Å². The Balaban J connectivity index is 1.88. The summed E-state index contributed by atoms with van der Waals surface area (Å²) in [6.45, 7) is 3.16. The topological polar surface area (TPSA) is 35.6 Å². The number of halogens is 1. The van der Waals surface area contributed by atoms with Crippen molar-refractivity contribution in [2.75, 3.05) is 43.0 Å². The molecular weight excluding hydrogens is 257 g/mol. The first-order chi connectivity index (χ1) is 9.66. The molecule has 1 atom stereocenters. The molecule has 1 saturated heterocycles. The maximum absolute atomic E-state index is 13.4. The monoisotopic (exact) mass is 277 g/mol. The fourth-order valence-electron chi connectivity index (χ4n) is 3.03. The zero-order chi connectivity index (χ0) is 14.1. The molecule has 1 aromatic rings. The lowest BCUT2D eigenvalue weighted by molar-refractivity contribution is -0.122. The Bertz CT molecular complexity index is 514. The van der Waals surface area contributed by atoms with Crippen LogP contribution in [0, 0.1) is 11.7 Å². The van der Waals surface area contributed by atoms with E-state index in [1.54, 1.807) is 6.07 Å². The lowest BCUT2D eigenvalue weighted by Crippen LogP contribution is -2.48. The minimum atomic E-state index is -0.260. The van der Waals surface area contributed by atoms with Gasteiger partial charge in [-0.25, -0.2) is 4.39 Å². The zero-order valence-electron chi connectivity index (χ0n) is 11.7. The Labute approximate surface area is 118 Å². The Hall–Kier alpha value is -1.62. The molecule has 0 radical (unpaired) electrons. The number of hydrogen-bond acceptors (Lipinski definition) is 3. The van der Waals surface area contributed by atoms with Crippen LogP contribution < -0.4 is 15.1 Å². The number of carbonyl (C=O) groups excluding carboxylic acids is 1. The Morgan fingerprint density at radius 2 is 2.20 bits per heavy atom. The van der Waals surface area contributed by atoms with Crippen molar-refractivity contribution in [3.05, 3.63) is 24.0 Å². The third kappa shape index (κ3) is 2.38. The van der Waals surface area contributed by atoms with E-state index in [2.05, 4.69) is 5.32 Å². The van der Waals surface area contributed by atoms with Crippen LogP contribution in [0.1, 0.15) is 12.8 Å². The number of nitrogens with zero attached hydrogens (tertiary/aromatic N) is 2. The van der Waals surface area contributed by atoms with Crippen LogP contribution in [0.25, 0.3) is 0 Å². The summed E-state index contributed by atoms with van der Waals surface area (Å²) in [5.74, 6) is -0.0487. The Kier molecular flexibility index (Phi) is 3.61. The first kappa shape index (κ1) is 13.4. The zero-order valence-corrected chi connectivity index (χ0v) is 11.7. The van der Waals surface area contributed by atoms with Gasteiger partial charge in [-0.3, -0.25) is 4.79 Å². The van der Waals surface area contributed by atoms with Crippen molar-refractivity contribution in [1.82, 2.24) is 5.32 Å². The first-order valence-corrected chi connectivity index (χ1v) is 7.19. The number of likely N-dealkylation sites (N-methyl/N-ethyl adjacent to an activating group) is 1. The first-order valence-electron chi connectivity index (χ1n) is 7.19. The lowest BCUT2D eigenvalue weighted by Gasteiger charge is -2.38. The molecule has 0 saturated carbocycles. The van der Waals surface area contributed by atoms with E-state index in [1.807, 2.05) is 16.8 Å². The van der Waals surface area contributed by atoms with Crippen molar-refractivity contribution in [2.45, 2.75) is 12.8 Å². The van der Waals surface area contributed by atoms with Crippen LogP contribution in [-0.4, -0.2) is 39.1 Å². The SMILES string of the molecule is CN1CCN(C(=O)C2CCCNC2)c2ccc(F)cc21. The highest BCUT2D eigenvalue weighted by atomic mass is 19.1. The number of rotatable bonds is 1. The molecule has 2 aliphatic rings. The fraction of sp³-hybridized carbons (Fsp3) is 0.533. The molecule has 1 amide bonds. The predicted molar refractivity (Wildman–Crippen MR) is 77.6 cm³/mol. The lowest BCUT2D eigenvalue weighted by atomic mass is 9.97. The van der Waals surface area contributed by atoms with Gasteiger partial charge >= 0.3 is 0 Å². The van der Waals surface area contributed by atoms with E-state index < -0.39 is 0 Å². The van der Waals surface area contributed by atoms with E-state index in [0.717, 1.165) is 43.9 Å². The van der Waals surface area contributed by atoms with Gasteiger partial charge in [0, 0.05) is 26.7 Å². The van der Waals surface area contributed by atoms with Crippen LogP contribution in [-0.2, 0) is 4.79 Å². The summed E-state index contributed by atoms with van der Waals surface area (Å²) in [5.41, 5.74) is 1.63. The van der Waals surface area contributed by atoms with Crippen molar-refractivity contribution in [3.63, 3.8) is 0 Å². The van der Waals surface area contributed by atoms with Gasteiger partial charge < -0.3 is 15.1 Å². The van der Waals surface area contributed by atoms with Gasteiger partial charge in [0.05, 0.1) is 17.3 Å². The van der Waals surface area contributed by atoms with Crippen LogP contribution in [0.5, 0.6) is 0 Å². The molecule has 1 fully saturated rings. The van der Waals surface area contributed by atoms with Crippen LogP contribution in [0.4, 0.5) is 15.8 Å². The number of benzene rings is 1. The average molecular weight is 277 g/mol. The van der Waals surface area contributed by atoms with Crippen LogP contribution in [0.3, 0.4) is 0 Å². The standard InChI is InChI=1S/C15H20FN3O/c1-18-7-8-19(13-5-4-12(16)9-14(13)18)15(20)11-3-2-6-17-10-11/h4-5,9,11,17H,2-3,6-8,10H2,1H3. The maximum atomic E-state index is 13.4. The van der Waals surface area contributed by atoms with Crippen LogP contribution in [0.2, 0.25) is 0 Å². The van der Waals surface area contributed by atoms with Gasteiger partial charge in [-0.05, 0) is 37.6 Å². The summed E-state index contributed by atoms with van der Waals surface area (Å²) in [6, 6.07) is 4.65. The van der Waals surface area contributed by atoms with Crippen LogP contribution in [0.15, 0.2) is 18.2 Å². The number of anilines is 2. The molecule has 0 bridgehead atoms. The van der Waals surface area contributed by atoms with E-state index in [4.69, 9.17) is 0 Å². The fourth-order valence-corrected chi connectivity index (χ4v) is 3.03. The Morgan fingerprint density at radius 1 is 1.35 bits per heavy atom. The normalized spacial score (nSPS) is 22.6. The molecule has 4 nitrogen and oxygen atoms in total. The highest BCUT2D eigenvalue weighted by Crippen LogP contribution is 2.34. The molecule has 0 aliphatic carbocycles. The molecule has 2 aliphatic heterocycles. The summed E-state index contributed by atoms with van der Waals surface area (Å²) >= 11 is 0. The molecule has 108 valence electrons. The van der Waals surface area contributed by atoms with Crippen molar-refractivity contribution in [3.8, 4) is 0 Å². The number of hydrogen-bond donors (Lipinski definition) is 1. The van der Waals surface area contributed by atoms with E-state index in [-0.39, 0.29) is 17.6 Å². The molecule has 1 N–H and O–H groups in total. The van der Waals surface area contributed by atoms with Gasteiger partial charge in [0.25, 0.3) is 0 Å². The van der Waals surface area contributed by atoms with Gasteiger partial charge in [-0.15, -0.1) is 0 Å². The highest BCUT2D eigenvalue weighted by molar-refractivity contribution is 5.99. The summed E-state index contributed by atoms with van der Waals surface area (Å²) in [5, 5.41) is 3.28. The minimum absolute atomic E-state index is 0.0464.